The Kier molecular flexibility index (Phi) is 7.94. The molecule has 1 N–H and O–H groups in total. The van der Waals surface area contributed by atoms with Crippen molar-refractivity contribution in [1.29, 1.82) is 5.26 Å². The van der Waals surface area contributed by atoms with E-state index in [1.807, 2.05) is 28.7 Å². The lowest BCUT2D eigenvalue weighted by atomic mass is 10.0. The van der Waals surface area contributed by atoms with Gasteiger partial charge in [0.25, 0.3) is 5.91 Å². The van der Waals surface area contributed by atoms with Crippen LogP contribution in [0.3, 0.4) is 0 Å². The summed E-state index contributed by atoms with van der Waals surface area (Å²) in [5.41, 5.74) is 5.25. The van der Waals surface area contributed by atoms with E-state index in [9.17, 15) is 22.9 Å². The van der Waals surface area contributed by atoms with E-state index in [4.69, 9.17) is 19.1 Å². The van der Waals surface area contributed by atoms with E-state index in [2.05, 4.69) is 16.3 Å². The Morgan fingerprint density at radius 1 is 1.08 bits per heavy atom. The molecule has 0 spiro atoms. The molecule has 4 aromatic heterocycles. The highest BCUT2D eigenvalue weighted by atomic mass is 32.2. The number of furan rings is 1. The standard InChI is InChI=1S/C38H32FN7O5S/c1-41-38(47)35-27-14-26(31(44(2)52(4,48)49)16-33(27)51-37(35)21-8-10-23(39)11-9-21)28-12-13-29-36(43-28)32-15-25-22(17-40)6-5-7-30(25)46(32)34(42-29)20-45-18-24(19-45)50-3/h5-16,24H,18-20H2,1-4H3,(H,41,47). The van der Waals surface area contributed by atoms with Crippen LogP contribution in [-0.4, -0.2) is 80.2 Å². The van der Waals surface area contributed by atoms with E-state index in [-0.39, 0.29) is 28.7 Å². The molecule has 0 aliphatic carbocycles. The predicted molar refractivity (Wildman–Crippen MR) is 196 cm³/mol. The van der Waals surface area contributed by atoms with Crippen LogP contribution < -0.4 is 9.62 Å². The van der Waals surface area contributed by atoms with Gasteiger partial charge in [-0.3, -0.25) is 18.4 Å². The van der Waals surface area contributed by atoms with E-state index < -0.39 is 21.7 Å². The highest BCUT2D eigenvalue weighted by Crippen LogP contribution is 2.41. The van der Waals surface area contributed by atoms with Crippen molar-refractivity contribution in [2.24, 2.45) is 0 Å². The van der Waals surface area contributed by atoms with Crippen molar-refractivity contribution in [3.8, 4) is 28.7 Å². The molecular formula is C38H32FN7O5S. The number of rotatable bonds is 8. The number of hydrogen-bond donors (Lipinski definition) is 1. The highest BCUT2D eigenvalue weighted by molar-refractivity contribution is 7.92. The summed E-state index contributed by atoms with van der Waals surface area (Å²) in [5, 5.41) is 13.8. The molecule has 262 valence electrons. The number of fused-ring (bicyclic) bond motifs is 6. The minimum atomic E-state index is -3.78. The Morgan fingerprint density at radius 2 is 1.85 bits per heavy atom. The molecule has 1 aliphatic rings. The smallest absolute Gasteiger partial charge is 0.255 e. The van der Waals surface area contributed by atoms with Gasteiger partial charge in [-0.25, -0.2) is 22.8 Å². The summed E-state index contributed by atoms with van der Waals surface area (Å²) in [6, 6.07) is 22.2. The number of likely N-dealkylation sites (tertiary alicyclic amines) is 1. The average Bonchev–Trinajstić information content (AvgIpc) is 3.70. The minimum Gasteiger partial charge on any atom is -0.455 e. The van der Waals surface area contributed by atoms with Crippen LogP contribution in [0.5, 0.6) is 0 Å². The molecule has 7 aromatic rings. The Morgan fingerprint density at radius 3 is 2.54 bits per heavy atom. The van der Waals surface area contributed by atoms with Crippen molar-refractivity contribution in [3.63, 3.8) is 0 Å². The molecule has 12 nitrogen and oxygen atoms in total. The number of hydrogen-bond acceptors (Lipinski definition) is 9. The van der Waals surface area contributed by atoms with Crippen molar-refractivity contribution in [2.75, 3.05) is 44.9 Å². The summed E-state index contributed by atoms with van der Waals surface area (Å²) in [7, 11) is 0.857. The van der Waals surface area contributed by atoms with Gasteiger partial charge in [0.1, 0.15) is 28.5 Å². The van der Waals surface area contributed by atoms with E-state index >= 15 is 0 Å². The number of nitriles is 1. The molecule has 0 atom stereocenters. The maximum atomic E-state index is 13.9. The number of amides is 1. The monoisotopic (exact) mass is 717 g/mol. The largest absolute Gasteiger partial charge is 0.455 e. The molecule has 52 heavy (non-hydrogen) atoms. The normalized spacial score (nSPS) is 13.9. The number of nitrogens with zero attached hydrogens (tertiary/aromatic N) is 6. The molecule has 0 saturated carbocycles. The van der Waals surface area contributed by atoms with Crippen LogP contribution in [0.1, 0.15) is 21.7 Å². The molecule has 3 aromatic carbocycles. The number of ether oxygens (including phenoxy) is 1. The maximum Gasteiger partial charge on any atom is 0.255 e. The lowest BCUT2D eigenvalue weighted by Crippen LogP contribution is -2.51. The summed E-state index contributed by atoms with van der Waals surface area (Å²) in [5.74, 6) is 0.0956. The molecule has 8 rings (SSSR count). The van der Waals surface area contributed by atoms with Crippen LogP contribution in [0.25, 0.3) is 61.0 Å². The predicted octanol–water partition coefficient (Wildman–Crippen LogP) is 5.71. The molecule has 1 aliphatic heterocycles. The number of carbonyl (C=O) groups excluding carboxylic acids is 1. The average molecular weight is 718 g/mol. The van der Waals surface area contributed by atoms with Gasteiger partial charge in [0.15, 0.2) is 0 Å². The fourth-order valence-electron chi connectivity index (χ4n) is 6.89. The lowest BCUT2D eigenvalue weighted by molar-refractivity contribution is -0.0345. The van der Waals surface area contributed by atoms with Crippen LogP contribution in [0.2, 0.25) is 0 Å². The molecule has 0 radical (unpaired) electrons. The Labute approximate surface area is 297 Å². The van der Waals surface area contributed by atoms with Crippen molar-refractivity contribution in [3.05, 3.63) is 95.6 Å². The molecule has 1 fully saturated rings. The molecule has 0 unspecified atom stereocenters. The second-order valence-corrected chi connectivity index (χ2v) is 14.9. The summed E-state index contributed by atoms with van der Waals surface area (Å²) in [6.45, 7) is 2.09. The number of benzene rings is 3. The van der Waals surface area contributed by atoms with Gasteiger partial charge in [0.2, 0.25) is 10.0 Å². The molecule has 5 heterocycles. The fourth-order valence-corrected chi connectivity index (χ4v) is 7.40. The first-order chi connectivity index (χ1) is 25.0. The van der Waals surface area contributed by atoms with E-state index in [0.29, 0.717) is 45.3 Å². The molecule has 0 bridgehead atoms. The highest BCUT2D eigenvalue weighted by Gasteiger charge is 2.29. The van der Waals surface area contributed by atoms with E-state index in [1.165, 1.54) is 38.4 Å². The van der Waals surface area contributed by atoms with Gasteiger partial charge in [-0.1, -0.05) is 6.07 Å². The Hall–Kier alpha value is -5.88. The first-order valence-electron chi connectivity index (χ1n) is 16.4. The zero-order valence-corrected chi connectivity index (χ0v) is 29.5. The minimum absolute atomic E-state index is 0.161. The topological polar surface area (TPSA) is 146 Å². The number of carbonyl (C=O) groups is 1. The third-order valence-corrected chi connectivity index (χ3v) is 10.9. The third-order valence-electron chi connectivity index (χ3n) is 9.69. The van der Waals surface area contributed by atoms with Crippen molar-refractivity contribution >= 4 is 60.0 Å². The van der Waals surface area contributed by atoms with Crippen LogP contribution in [0, 0.1) is 17.1 Å². The van der Waals surface area contributed by atoms with Crippen molar-refractivity contribution in [2.45, 2.75) is 12.6 Å². The Bertz CT molecular complexity index is 2750. The number of aromatic nitrogens is 3. The first-order valence-corrected chi connectivity index (χ1v) is 18.3. The first kappa shape index (κ1) is 33.3. The zero-order valence-electron chi connectivity index (χ0n) is 28.6. The van der Waals surface area contributed by atoms with Crippen molar-refractivity contribution in [1.82, 2.24) is 24.6 Å². The zero-order chi connectivity index (χ0) is 36.5. The number of anilines is 1. The summed E-state index contributed by atoms with van der Waals surface area (Å²) in [6.07, 6.45) is 1.26. The van der Waals surface area contributed by atoms with Crippen LogP contribution >= 0.6 is 0 Å². The fraction of sp³-hybridized carbons (Fsp3) is 0.211. The van der Waals surface area contributed by atoms with Gasteiger partial charge in [0, 0.05) is 62.3 Å². The van der Waals surface area contributed by atoms with Gasteiger partial charge >= 0.3 is 0 Å². The second kappa shape index (κ2) is 12.4. The quantitative estimate of drug-likeness (QED) is 0.209. The molecule has 1 amide bonds. The summed E-state index contributed by atoms with van der Waals surface area (Å²) >= 11 is 0. The number of halogens is 1. The van der Waals surface area contributed by atoms with Crippen LogP contribution in [0.4, 0.5) is 10.1 Å². The number of methoxy groups -OCH3 is 1. The van der Waals surface area contributed by atoms with Gasteiger partial charge in [-0.2, -0.15) is 5.26 Å². The maximum absolute atomic E-state index is 13.9. The SMILES string of the molecule is CNC(=O)c1c(-c2ccc(F)cc2)oc2cc(N(C)S(C)(=O)=O)c(-c3ccc4nc(CN5CC(OC)C5)n5c6cccc(C#N)c6cc5c4n3)cc12. The molecular weight excluding hydrogens is 686 g/mol. The van der Waals surface area contributed by atoms with Crippen molar-refractivity contribution < 1.29 is 26.8 Å². The second-order valence-electron chi connectivity index (χ2n) is 12.8. The number of sulfonamides is 1. The molecule has 14 heteroatoms. The van der Waals surface area contributed by atoms with Crippen LogP contribution in [0.15, 0.2) is 77.2 Å². The lowest BCUT2D eigenvalue weighted by Gasteiger charge is -2.37. The van der Waals surface area contributed by atoms with Gasteiger partial charge in [-0.05, 0) is 60.7 Å². The van der Waals surface area contributed by atoms with E-state index in [0.717, 1.165) is 45.9 Å². The van der Waals surface area contributed by atoms with Gasteiger partial charge in [0.05, 0.1) is 64.0 Å². The number of nitrogens with one attached hydrogen (secondary N) is 1. The van der Waals surface area contributed by atoms with E-state index in [1.54, 1.807) is 31.4 Å². The third kappa shape index (κ3) is 5.41. The number of pyridine rings is 1. The van der Waals surface area contributed by atoms with Gasteiger partial charge in [-0.15, -0.1) is 0 Å². The summed E-state index contributed by atoms with van der Waals surface area (Å²) in [4.78, 5) is 25.8. The van der Waals surface area contributed by atoms with Crippen LogP contribution in [-0.2, 0) is 21.3 Å². The Balaban J connectivity index is 1.39. The molecule has 1 saturated heterocycles. The van der Waals surface area contributed by atoms with Gasteiger partial charge < -0.3 is 14.5 Å². The summed E-state index contributed by atoms with van der Waals surface area (Å²) < 4.78 is 54.7.